The minimum absolute atomic E-state index is 0.0165. The van der Waals surface area contributed by atoms with Crippen molar-refractivity contribution >= 4 is 23.1 Å². The van der Waals surface area contributed by atoms with Crippen molar-refractivity contribution in [2.75, 3.05) is 43.0 Å². The molecule has 208 valence electrons. The second-order valence-electron chi connectivity index (χ2n) is 10.7. The predicted molar refractivity (Wildman–Crippen MR) is 151 cm³/mol. The van der Waals surface area contributed by atoms with Crippen molar-refractivity contribution < 1.29 is 9.13 Å². The number of nitrogens with zero attached hydrogens (tertiary/aromatic N) is 4. The fraction of sp³-hybridized carbons (Fsp3) is 0.655. The average Bonchev–Trinajstić information content (AvgIpc) is 2.94. The molecule has 1 saturated heterocycles. The number of aromatic nitrogens is 1. The van der Waals surface area contributed by atoms with Gasteiger partial charge in [-0.05, 0) is 82.7 Å². The van der Waals surface area contributed by atoms with Crippen molar-refractivity contribution in [3.05, 3.63) is 41.1 Å². The second kappa shape index (κ2) is 14.2. The third-order valence-electron chi connectivity index (χ3n) is 7.82. The molecule has 1 saturated carbocycles. The first-order valence-electron chi connectivity index (χ1n) is 14.3. The maximum atomic E-state index is 15.7. The second-order valence-corrected chi connectivity index (χ2v) is 11.1. The van der Waals surface area contributed by atoms with Crippen LogP contribution in [-0.4, -0.2) is 60.9 Å². The zero-order valence-electron chi connectivity index (χ0n) is 22.8. The van der Waals surface area contributed by atoms with Crippen molar-refractivity contribution in [2.45, 2.75) is 83.4 Å². The maximum Gasteiger partial charge on any atom is 0.189 e. The maximum absolute atomic E-state index is 15.7. The smallest absolute Gasteiger partial charge is 0.189 e. The highest BCUT2D eigenvalue weighted by molar-refractivity contribution is 6.30. The highest BCUT2D eigenvalue weighted by Crippen LogP contribution is 2.32. The summed E-state index contributed by atoms with van der Waals surface area (Å²) in [7, 11) is 0. The van der Waals surface area contributed by atoms with Crippen LogP contribution in [0, 0.1) is 23.1 Å². The predicted octanol–water partition coefficient (Wildman–Crippen LogP) is 5.76. The summed E-state index contributed by atoms with van der Waals surface area (Å²) in [5.41, 5.74) is 0.428. The van der Waals surface area contributed by atoms with E-state index in [9.17, 15) is 5.26 Å². The van der Waals surface area contributed by atoms with Crippen molar-refractivity contribution in [3.63, 3.8) is 0 Å². The SMILES string of the molecule is CCCN(CCC)C1CCC(NC2=CC=C(Cl)CN2c2ccnc(NCC3CC(C#N)CCO3)c2F)CC1. The van der Waals surface area contributed by atoms with Gasteiger partial charge in [0.25, 0.3) is 0 Å². The normalized spacial score (nSPS) is 25.9. The summed E-state index contributed by atoms with van der Waals surface area (Å²) in [5.74, 6) is 0.609. The molecule has 4 rings (SSSR count). The molecular weight excluding hydrogens is 503 g/mol. The van der Waals surface area contributed by atoms with Crippen molar-refractivity contribution in [2.24, 2.45) is 5.92 Å². The molecule has 0 amide bonds. The third kappa shape index (κ3) is 7.40. The first-order valence-corrected chi connectivity index (χ1v) is 14.6. The van der Waals surface area contributed by atoms with Gasteiger partial charge in [-0.1, -0.05) is 25.4 Å². The molecule has 1 aliphatic carbocycles. The Balaban J connectivity index is 1.40. The van der Waals surface area contributed by atoms with Gasteiger partial charge in [-0.25, -0.2) is 9.37 Å². The number of rotatable bonds is 11. The monoisotopic (exact) mass is 544 g/mol. The molecule has 2 N–H and O–H groups in total. The lowest BCUT2D eigenvalue weighted by atomic mass is 9.89. The summed E-state index contributed by atoms with van der Waals surface area (Å²) >= 11 is 6.41. The summed E-state index contributed by atoms with van der Waals surface area (Å²) in [5, 5.41) is 16.7. The number of pyridine rings is 1. The Bertz CT molecular complexity index is 1010. The molecule has 0 aromatic carbocycles. The zero-order valence-corrected chi connectivity index (χ0v) is 23.5. The van der Waals surface area contributed by atoms with E-state index in [1.165, 1.54) is 38.8 Å². The van der Waals surface area contributed by atoms with Crippen molar-refractivity contribution in [1.29, 1.82) is 5.26 Å². The van der Waals surface area contributed by atoms with Crippen LogP contribution in [0.4, 0.5) is 15.9 Å². The molecule has 7 nitrogen and oxygen atoms in total. The van der Waals surface area contributed by atoms with Crippen LogP contribution in [0.2, 0.25) is 0 Å². The largest absolute Gasteiger partial charge is 0.376 e. The molecule has 1 aromatic heterocycles. The standard InChI is InChI=1S/C29H42ClFN6O/c1-3-14-36(15-4-2)24-8-6-23(7-9-24)35-27-10-5-22(30)20-37(27)26-11-13-33-29(28(26)31)34-19-25-17-21(18-32)12-16-38-25/h5,10-11,13,21,23-25,35H,3-4,6-9,12,14-17,19-20H2,1-2H3,(H,33,34). The molecule has 2 unspecified atom stereocenters. The lowest BCUT2D eigenvalue weighted by Crippen LogP contribution is -2.45. The summed E-state index contributed by atoms with van der Waals surface area (Å²) in [6.45, 7) is 8.20. The number of hydrogen-bond acceptors (Lipinski definition) is 7. The van der Waals surface area contributed by atoms with Crippen LogP contribution in [0.25, 0.3) is 0 Å². The number of hydrogen-bond donors (Lipinski definition) is 2. The fourth-order valence-electron chi connectivity index (χ4n) is 5.85. The van der Waals surface area contributed by atoms with Crippen LogP contribution >= 0.6 is 11.6 Å². The molecule has 3 heterocycles. The topological polar surface area (TPSA) is 76.5 Å². The summed E-state index contributed by atoms with van der Waals surface area (Å²) in [6, 6.07) is 5.01. The summed E-state index contributed by atoms with van der Waals surface area (Å²) in [6.07, 6.45) is 13.6. The average molecular weight is 545 g/mol. The van der Waals surface area contributed by atoms with E-state index in [-0.39, 0.29) is 17.8 Å². The molecule has 1 aromatic rings. The summed E-state index contributed by atoms with van der Waals surface area (Å²) in [4.78, 5) is 8.81. The Kier molecular flexibility index (Phi) is 10.7. The highest BCUT2D eigenvalue weighted by atomic mass is 35.5. The Morgan fingerprint density at radius 2 is 1.95 bits per heavy atom. The van der Waals surface area contributed by atoms with E-state index in [0.717, 1.165) is 25.1 Å². The molecule has 0 spiro atoms. The van der Waals surface area contributed by atoms with E-state index in [2.05, 4.69) is 40.4 Å². The molecule has 9 heteroatoms. The Labute approximate surface area is 232 Å². The van der Waals surface area contributed by atoms with Gasteiger partial charge in [-0.15, -0.1) is 0 Å². The van der Waals surface area contributed by atoms with Crippen LogP contribution in [0.1, 0.15) is 65.2 Å². The van der Waals surface area contributed by atoms with Gasteiger partial charge in [0.15, 0.2) is 11.6 Å². The number of ether oxygens (including phenoxy) is 1. The van der Waals surface area contributed by atoms with Gasteiger partial charge in [0.1, 0.15) is 5.82 Å². The number of nitrogens with one attached hydrogen (secondary N) is 2. The molecule has 0 radical (unpaired) electrons. The highest BCUT2D eigenvalue weighted by Gasteiger charge is 2.29. The number of halogens is 2. The molecule has 3 aliphatic rings. The van der Waals surface area contributed by atoms with Gasteiger partial charge in [-0.3, -0.25) is 0 Å². The van der Waals surface area contributed by atoms with E-state index >= 15 is 4.39 Å². The van der Waals surface area contributed by atoms with Gasteiger partial charge in [0.2, 0.25) is 0 Å². The molecule has 2 fully saturated rings. The number of allylic oxidation sites excluding steroid dienone is 2. The Morgan fingerprint density at radius 3 is 2.66 bits per heavy atom. The molecule has 2 aliphatic heterocycles. The van der Waals surface area contributed by atoms with E-state index in [4.69, 9.17) is 16.3 Å². The Hall–Kier alpha value is -2.34. The summed E-state index contributed by atoms with van der Waals surface area (Å²) < 4.78 is 21.5. The van der Waals surface area contributed by atoms with E-state index in [1.54, 1.807) is 12.3 Å². The van der Waals surface area contributed by atoms with Crippen LogP contribution < -0.4 is 15.5 Å². The Morgan fingerprint density at radius 1 is 1.18 bits per heavy atom. The van der Waals surface area contributed by atoms with Crippen LogP contribution in [0.5, 0.6) is 0 Å². The fourth-order valence-corrected chi connectivity index (χ4v) is 6.03. The van der Waals surface area contributed by atoms with E-state index < -0.39 is 5.82 Å². The van der Waals surface area contributed by atoms with Crippen LogP contribution in [0.3, 0.4) is 0 Å². The van der Waals surface area contributed by atoms with E-state index in [1.807, 2.05) is 17.1 Å². The zero-order chi connectivity index (χ0) is 26.9. The van der Waals surface area contributed by atoms with Crippen molar-refractivity contribution in [3.8, 4) is 6.07 Å². The first-order chi connectivity index (χ1) is 18.5. The number of anilines is 2. The van der Waals surface area contributed by atoms with Gasteiger partial charge < -0.3 is 25.2 Å². The minimum atomic E-state index is -0.419. The van der Waals surface area contributed by atoms with Crippen molar-refractivity contribution in [1.82, 2.24) is 15.2 Å². The molecule has 38 heavy (non-hydrogen) atoms. The number of nitriles is 1. The van der Waals surface area contributed by atoms with Crippen LogP contribution in [-0.2, 0) is 4.74 Å². The lowest BCUT2D eigenvalue weighted by Gasteiger charge is -2.39. The molecule has 2 atom stereocenters. The third-order valence-corrected chi connectivity index (χ3v) is 8.06. The van der Waals surface area contributed by atoms with Crippen LogP contribution in [0.15, 0.2) is 35.3 Å². The molecular formula is C29H42ClFN6O. The molecule has 0 bridgehead atoms. The van der Waals surface area contributed by atoms with Gasteiger partial charge >= 0.3 is 0 Å². The first kappa shape index (κ1) is 28.7. The van der Waals surface area contributed by atoms with E-state index in [0.29, 0.717) is 48.9 Å². The quantitative estimate of drug-likeness (QED) is 0.367. The minimum Gasteiger partial charge on any atom is -0.376 e. The lowest BCUT2D eigenvalue weighted by molar-refractivity contribution is 0.0104. The van der Waals surface area contributed by atoms with Gasteiger partial charge in [0.05, 0.1) is 30.3 Å². The van der Waals surface area contributed by atoms with Gasteiger partial charge in [-0.2, -0.15) is 5.26 Å². The van der Waals surface area contributed by atoms with Gasteiger partial charge in [0, 0.05) is 36.5 Å².